The van der Waals surface area contributed by atoms with Gasteiger partial charge in [-0.25, -0.2) is 13.4 Å². The van der Waals surface area contributed by atoms with E-state index in [0.29, 0.717) is 35.4 Å². The number of hydrogen-bond acceptors (Lipinski definition) is 5. The summed E-state index contributed by atoms with van der Waals surface area (Å²) in [4.78, 5) is 4.83. The highest BCUT2D eigenvalue weighted by atomic mass is 32.2. The van der Waals surface area contributed by atoms with Crippen LogP contribution in [0.1, 0.15) is 12.5 Å². The lowest BCUT2D eigenvalue weighted by atomic mass is 10.2. The van der Waals surface area contributed by atoms with Crippen molar-refractivity contribution in [2.75, 3.05) is 33.1 Å². The molecule has 0 unspecified atom stereocenters. The molecule has 7 nitrogen and oxygen atoms in total. The first-order valence-electron chi connectivity index (χ1n) is 9.01. The Balaban J connectivity index is 1.99. The third kappa shape index (κ3) is 6.16. The number of rotatable bonds is 9. The van der Waals surface area contributed by atoms with E-state index in [1.807, 2.05) is 25.1 Å². The normalized spacial score (nSPS) is 11.8. The Hall–Kier alpha value is -2.74. The van der Waals surface area contributed by atoms with Crippen molar-refractivity contribution in [3.63, 3.8) is 0 Å². The van der Waals surface area contributed by atoms with Gasteiger partial charge in [-0.15, -0.1) is 0 Å². The molecule has 0 saturated carbocycles. The lowest BCUT2D eigenvalue weighted by Gasteiger charge is -2.12. The molecule has 2 rings (SSSR count). The van der Waals surface area contributed by atoms with Crippen molar-refractivity contribution in [3.8, 4) is 11.5 Å². The molecule has 0 aromatic heterocycles. The summed E-state index contributed by atoms with van der Waals surface area (Å²) < 4.78 is 35.3. The van der Waals surface area contributed by atoms with Gasteiger partial charge in [-0.2, -0.15) is 0 Å². The Bertz CT molecular complexity index is 884. The Labute approximate surface area is 166 Å². The van der Waals surface area contributed by atoms with Gasteiger partial charge in [0.15, 0.2) is 27.3 Å². The summed E-state index contributed by atoms with van der Waals surface area (Å²) in [5.74, 6) is 1.84. The molecule has 0 saturated heterocycles. The van der Waals surface area contributed by atoms with Crippen LogP contribution in [0, 0.1) is 0 Å². The summed E-state index contributed by atoms with van der Waals surface area (Å²) in [6.45, 7) is 3.30. The predicted molar refractivity (Wildman–Crippen MR) is 111 cm³/mol. The first-order valence-corrected chi connectivity index (χ1v) is 10.7. The van der Waals surface area contributed by atoms with Crippen LogP contribution in [-0.4, -0.2) is 47.4 Å². The van der Waals surface area contributed by atoms with Gasteiger partial charge in [0.2, 0.25) is 0 Å². The molecule has 0 spiro atoms. The predicted octanol–water partition coefficient (Wildman–Crippen LogP) is 2.23. The number of aliphatic imine (C=N–C) groups is 1. The van der Waals surface area contributed by atoms with Crippen LogP contribution in [0.25, 0.3) is 0 Å². The quantitative estimate of drug-likeness (QED) is 0.491. The molecule has 8 heteroatoms. The number of hydrogen-bond donors (Lipinski definition) is 2. The largest absolute Gasteiger partial charge is 0.493 e. The average molecular weight is 406 g/mol. The highest BCUT2D eigenvalue weighted by molar-refractivity contribution is 7.91. The van der Waals surface area contributed by atoms with Crippen molar-refractivity contribution in [3.05, 3.63) is 54.1 Å². The van der Waals surface area contributed by atoms with Gasteiger partial charge in [0.05, 0.1) is 31.4 Å². The minimum Gasteiger partial charge on any atom is -0.493 e. The molecule has 0 fully saturated rings. The Morgan fingerprint density at radius 1 is 1.00 bits per heavy atom. The smallest absolute Gasteiger partial charge is 0.191 e. The van der Waals surface area contributed by atoms with Crippen LogP contribution < -0.4 is 20.1 Å². The summed E-state index contributed by atoms with van der Waals surface area (Å²) >= 11 is 0. The maximum atomic E-state index is 12.4. The third-order valence-electron chi connectivity index (χ3n) is 3.98. The zero-order valence-corrected chi connectivity index (χ0v) is 17.3. The molecule has 0 bridgehead atoms. The zero-order chi connectivity index (χ0) is 20.4. The Morgan fingerprint density at radius 2 is 1.71 bits per heavy atom. The topological polar surface area (TPSA) is 89.0 Å². The molecule has 28 heavy (non-hydrogen) atoms. The molecule has 2 aromatic carbocycles. The van der Waals surface area contributed by atoms with Crippen molar-refractivity contribution in [2.24, 2.45) is 4.99 Å². The SMILES string of the molecule is CCNC(=NCc1ccc(OC)c(OC)c1)NCCS(=O)(=O)c1ccccc1. The minimum atomic E-state index is -3.33. The maximum absolute atomic E-state index is 12.4. The second-order valence-corrected chi connectivity index (χ2v) is 8.05. The van der Waals surface area contributed by atoms with Gasteiger partial charge in [0.1, 0.15) is 0 Å². The van der Waals surface area contributed by atoms with Gasteiger partial charge >= 0.3 is 0 Å². The van der Waals surface area contributed by atoms with E-state index >= 15 is 0 Å². The summed E-state index contributed by atoms with van der Waals surface area (Å²) in [5.41, 5.74) is 0.951. The highest BCUT2D eigenvalue weighted by Crippen LogP contribution is 2.27. The van der Waals surface area contributed by atoms with Crippen molar-refractivity contribution in [1.82, 2.24) is 10.6 Å². The molecule has 0 amide bonds. The van der Waals surface area contributed by atoms with Gasteiger partial charge in [-0.3, -0.25) is 0 Å². The monoisotopic (exact) mass is 405 g/mol. The molecule has 2 N–H and O–H groups in total. The molecule has 0 aliphatic heterocycles. The van der Waals surface area contributed by atoms with Gasteiger partial charge in [-0.05, 0) is 36.8 Å². The lowest BCUT2D eigenvalue weighted by molar-refractivity contribution is 0.354. The number of sulfone groups is 1. The average Bonchev–Trinajstić information content (AvgIpc) is 2.72. The number of ether oxygens (including phenoxy) is 2. The van der Waals surface area contributed by atoms with E-state index in [0.717, 1.165) is 5.56 Å². The van der Waals surface area contributed by atoms with E-state index < -0.39 is 9.84 Å². The van der Waals surface area contributed by atoms with Crippen molar-refractivity contribution >= 4 is 15.8 Å². The number of nitrogens with one attached hydrogen (secondary N) is 2. The van der Waals surface area contributed by atoms with E-state index in [1.54, 1.807) is 44.6 Å². The molecular formula is C20H27N3O4S. The molecule has 0 atom stereocenters. The van der Waals surface area contributed by atoms with E-state index in [9.17, 15) is 8.42 Å². The number of guanidine groups is 1. The maximum Gasteiger partial charge on any atom is 0.191 e. The van der Waals surface area contributed by atoms with Gasteiger partial charge < -0.3 is 20.1 Å². The standard InChI is InChI=1S/C20H27N3O4S/c1-4-21-20(22-12-13-28(24,25)17-8-6-5-7-9-17)23-15-16-10-11-18(26-2)19(14-16)27-3/h5-11,14H,4,12-13,15H2,1-3H3,(H2,21,22,23). The van der Waals surface area contributed by atoms with Crippen LogP contribution in [0.3, 0.4) is 0 Å². The molecule has 0 heterocycles. The minimum absolute atomic E-state index is 0.0161. The van der Waals surface area contributed by atoms with Crippen molar-refractivity contribution < 1.29 is 17.9 Å². The van der Waals surface area contributed by atoms with Crippen LogP contribution >= 0.6 is 0 Å². The van der Waals surface area contributed by atoms with E-state index in [1.165, 1.54) is 0 Å². The molecule has 0 aliphatic rings. The van der Waals surface area contributed by atoms with E-state index in [4.69, 9.17) is 9.47 Å². The first kappa shape index (κ1) is 21.6. The Morgan fingerprint density at radius 3 is 2.36 bits per heavy atom. The van der Waals surface area contributed by atoms with Crippen LogP contribution in [0.4, 0.5) is 0 Å². The summed E-state index contributed by atoms with van der Waals surface area (Å²) in [7, 11) is -0.154. The third-order valence-corrected chi connectivity index (χ3v) is 5.71. The van der Waals surface area contributed by atoms with Crippen LogP contribution in [-0.2, 0) is 16.4 Å². The van der Waals surface area contributed by atoms with E-state index in [2.05, 4.69) is 15.6 Å². The van der Waals surface area contributed by atoms with Gasteiger partial charge in [0.25, 0.3) is 0 Å². The fourth-order valence-electron chi connectivity index (χ4n) is 2.54. The highest BCUT2D eigenvalue weighted by Gasteiger charge is 2.13. The van der Waals surface area contributed by atoms with Gasteiger partial charge in [-0.1, -0.05) is 24.3 Å². The van der Waals surface area contributed by atoms with Crippen molar-refractivity contribution in [1.29, 1.82) is 0 Å². The number of benzene rings is 2. The zero-order valence-electron chi connectivity index (χ0n) is 16.4. The summed E-state index contributed by atoms with van der Waals surface area (Å²) in [6, 6.07) is 14.0. The summed E-state index contributed by atoms with van der Waals surface area (Å²) in [6.07, 6.45) is 0. The van der Waals surface area contributed by atoms with E-state index in [-0.39, 0.29) is 12.3 Å². The van der Waals surface area contributed by atoms with Crippen LogP contribution in [0.15, 0.2) is 58.4 Å². The number of nitrogens with zero attached hydrogens (tertiary/aromatic N) is 1. The Kier molecular flexibility index (Phi) is 8.13. The van der Waals surface area contributed by atoms with Crippen LogP contribution in [0.2, 0.25) is 0 Å². The molecular weight excluding hydrogens is 378 g/mol. The molecule has 0 radical (unpaired) electrons. The second kappa shape index (κ2) is 10.6. The fraction of sp³-hybridized carbons (Fsp3) is 0.350. The lowest BCUT2D eigenvalue weighted by Crippen LogP contribution is -2.39. The molecule has 2 aromatic rings. The van der Waals surface area contributed by atoms with Crippen molar-refractivity contribution in [2.45, 2.75) is 18.4 Å². The second-order valence-electron chi connectivity index (χ2n) is 5.94. The fourth-order valence-corrected chi connectivity index (χ4v) is 3.72. The van der Waals surface area contributed by atoms with Crippen LogP contribution in [0.5, 0.6) is 11.5 Å². The number of methoxy groups -OCH3 is 2. The van der Waals surface area contributed by atoms with Gasteiger partial charge in [0, 0.05) is 13.1 Å². The molecule has 0 aliphatic carbocycles. The summed E-state index contributed by atoms with van der Waals surface area (Å²) in [5, 5.41) is 6.19. The molecule has 152 valence electrons. The first-order chi connectivity index (χ1) is 13.5.